The maximum Gasteiger partial charge on any atom is 0.350 e. The highest BCUT2D eigenvalue weighted by Crippen LogP contribution is 2.41. The highest BCUT2D eigenvalue weighted by molar-refractivity contribution is 6.30. The van der Waals surface area contributed by atoms with Crippen LogP contribution < -0.4 is 4.74 Å². The Morgan fingerprint density at radius 1 is 1.33 bits per heavy atom. The van der Waals surface area contributed by atoms with Crippen LogP contribution in [0, 0.1) is 0 Å². The zero-order chi connectivity index (χ0) is 10.9. The number of carbonyl (C=O) groups is 1. The summed E-state index contributed by atoms with van der Waals surface area (Å²) in [5.41, 5.74) is -0.747. The van der Waals surface area contributed by atoms with Crippen LogP contribution in [-0.2, 0) is 9.53 Å². The van der Waals surface area contributed by atoms with Crippen LogP contribution in [0.1, 0.15) is 12.8 Å². The minimum absolute atomic E-state index is 0.308. The number of ether oxygens (including phenoxy) is 2. The summed E-state index contributed by atoms with van der Waals surface area (Å²) in [4.78, 5) is 11.4. The predicted molar refractivity (Wildman–Crippen MR) is 56.1 cm³/mol. The van der Waals surface area contributed by atoms with Crippen molar-refractivity contribution in [3.8, 4) is 5.75 Å². The normalized spacial score (nSPS) is 16.9. The Hall–Kier alpha value is -1.22. The third-order valence-corrected chi connectivity index (χ3v) is 2.64. The van der Waals surface area contributed by atoms with Crippen LogP contribution in [0.5, 0.6) is 5.75 Å². The topological polar surface area (TPSA) is 35.5 Å². The number of benzene rings is 1. The molecule has 0 N–H and O–H groups in total. The van der Waals surface area contributed by atoms with Gasteiger partial charge in [0.1, 0.15) is 5.75 Å². The lowest BCUT2D eigenvalue weighted by Gasteiger charge is -2.15. The summed E-state index contributed by atoms with van der Waals surface area (Å²) < 4.78 is 10.3. The van der Waals surface area contributed by atoms with E-state index in [1.54, 1.807) is 24.3 Å². The third-order valence-electron chi connectivity index (χ3n) is 2.39. The van der Waals surface area contributed by atoms with E-state index in [1.807, 2.05) is 0 Å². The van der Waals surface area contributed by atoms with Gasteiger partial charge in [-0.3, -0.25) is 0 Å². The highest BCUT2D eigenvalue weighted by Gasteiger charge is 2.54. The molecule has 0 spiro atoms. The Balaban J connectivity index is 2.09. The lowest BCUT2D eigenvalue weighted by molar-refractivity contribution is -0.151. The first-order valence-electron chi connectivity index (χ1n) is 4.69. The highest BCUT2D eigenvalue weighted by atomic mass is 35.5. The number of esters is 1. The van der Waals surface area contributed by atoms with E-state index >= 15 is 0 Å². The molecule has 2 rings (SSSR count). The van der Waals surface area contributed by atoms with Crippen molar-refractivity contribution in [2.24, 2.45) is 0 Å². The van der Waals surface area contributed by atoms with E-state index < -0.39 is 5.60 Å². The number of methoxy groups -OCH3 is 1. The van der Waals surface area contributed by atoms with Gasteiger partial charge >= 0.3 is 5.97 Å². The van der Waals surface area contributed by atoms with Gasteiger partial charge in [0.05, 0.1) is 7.11 Å². The largest absolute Gasteiger partial charge is 0.476 e. The van der Waals surface area contributed by atoms with Gasteiger partial charge in [0.15, 0.2) is 0 Å². The number of hydrogen-bond donors (Lipinski definition) is 0. The molecule has 0 saturated heterocycles. The van der Waals surface area contributed by atoms with Crippen LogP contribution in [0.15, 0.2) is 24.3 Å². The number of rotatable bonds is 3. The van der Waals surface area contributed by atoms with E-state index in [9.17, 15) is 4.79 Å². The molecule has 0 atom stereocenters. The first kappa shape index (κ1) is 10.3. The summed E-state index contributed by atoms with van der Waals surface area (Å²) in [7, 11) is 1.37. The van der Waals surface area contributed by atoms with Crippen LogP contribution in [0.3, 0.4) is 0 Å². The van der Waals surface area contributed by atoms with Gasteiger partial charge in [-0.1, -0.05) is 11.6 Å². The SMILES string of the molecule is COC(=O)C1(Oc2ccc(Cl)cc2)CC1. The second-order valence-corrected chi connectivity index (χ2v) is 3.98. The van der Waals surface area contributed by atoms with Crippen molar-refractivity contribution in [2.45, 2.75) is 18.4 Å². The van der Waals surface area contributed by atoms with Crippen molar-refractivity contribution in [1.29, 1.82) is 0 Å². The smallest absolute Gasteiger partial charge is 0.350 e. The van der Waals surface area contributed by atoms with Gasteiger partial charge in [-0.15, -0.1) is 0 Å². The molecular formula is C11H11ClO3. The van der Waals surface area contributed by atoms with Crippen LogP contribution in [0.25, 0.3) is 0 Å². The minimum atomic E-state index is -0.747. The van der Waals surface area contributed by atoms with Gasteiger partial charge in [-0.25, -0.2) is 4.79 Å². The van der Waals surface area contributed by atoms with Gasteiger partial charge in [0, 0.05) is 17.9 Å². The van der Waals surface area contributed by atoms with Gasteiger partial charge in [-0.2, -0.15) is 0 Å². The van der Waals surface area contributed by atoms with E-state index in [-0.39, 0.29) is 5.97 Å². The first-order valence-corrected chi connectivity index (χ1v) is 5.07. The third kappa shape index (κ3) is 2.07. The Kier molecular flexibility index (Phi) is 2.57. The fourth-order valence-corrected chi connectivity index (χ4v) is 1.50. The number of halogens is 1. The van der Waals surface area contributed by atoms with Crippen molar-refractivity contribution in [3.63, 3.8) is 0 Å². The molecule has 0 amide bonds. The standard InChI is InChI=1S/C11H11ClO3/c1-14-10(13)11(6-7-11)15-9-4-2-8(12)3-5-9/h2-5H,6-7H2,1H3. The lowest BCUT2D eigenvalue weighted by atomic mass is 10.3. The molecule has 4 heteroatoms. The van der Waals surface area contributed by atoms with Crippen molar-refractivity contribution in [2.75, 3.05) is 7.11 Å². The van der Waals surface area contributed by atoms with E-state index in [4.69, 9.17) is 16.3 Å². The van der Waals surface area contributed by atoms with Crippen molar-refractivity contribution < 1.29 is 14.3 Å². The van der Waals surface area contributed by atoms with Crippen LogP contribution >= 0.6 is 11.6 Å². The Morgan fingerprint density at radius 2 is 1.93 bits per heavy atom. The minimum Gasteiger partial charge on any atom is -0.476 e. The van der Waals surface area contributed by atoms with Crippen LogP contribution in [0.4, 0.5) is 0 Å². The van der Waals surface area contributed by atoms with Gasteiger partial charge in [0.25, 0.3) is 0 Å². The molecule has 1 aromatic rings. The first-order chi connectivity index (χ1) is 7.16. The van der Waals surface area contributed by atoms with Crippen LogP contribution in [0.2, 0.25) is 5.02 Å². The second-order valence-electron chi connectivity index (χ2n) is 3.54. The maximum atomic E-state index is 11.4. The summed E-state index contributed by atoms with van der Waals surface area (Å²) in [5.74, 6) is 0.333. The quantitative estimate of drug-likeness (QED) is 0.743. The lowest BCUT2D eigenvalue weighted by Crippen LogP contribution is -2.30. The molecule has 80 valence electrons. The Morgan fingerprint density at radius 3 is 2.40 bits per heavy atom. The maximum absolute atomic E-state index is 11.4. The summed E-state index contributed by atoms with van der Waals surface area (Å²) in [6.07, 6.45) is 1.42. The second kappa shape index (κ2) is 3.74. The number of carbonyl (C=O) groups excluding carboxylic acids is 1. The fraction of sp³-hybridized carbons (Fsp3) is 0.364. The summed E-state index contributed by atoms with van der Waals surface area (Å²) >= 11 is 5.74. The predicted octanol–water partition coefficient (Wildman–Crippen LogP) is 2.42. The molecule has 0 heterocycles. The molecule has 3 nitrogen and oxygen atoms in total. The van der Waals surface area contributed by atoms with E-state index in [0.717, 1.165) is 0 Å². The average molecular weight is 227 g/mol. The van der Waals surface area contributed by atoms with Crippen LogP contribution in [-0.4, -0.2) is 18.7 Å². The molecule has 0 unspecified atom stereocenters. The monoisotopic (exact) mass is 226 g/mol. The molecular weight excluding hydrogens is 216 g/mol. The molecule has 0 aliphatic heterocycles. The van der Waals surface area contributed by atoms with E-state index in [1.165, 1.54) is 7.11 Å². The summed E-state index contributed by atoms with van der Waals surface area (Å²) in [5, 5.41) is 0.644. The molecule has 1 aliphatic rings. The molecule has 1 fully saturated rings. The average Bonchev–Trinajstić information content (AvgIpc) is 3.01. The molecule has 1 aromatic carbocycles. The molecule has 0 bridgehead atoms. The van der Waals surface area contributed by atoms with Crippen molar-refractivity contribution in [1.82, 2.24) is 0 Å². The van der Waals surface area contributed by atoms with Gasteiger partial charge in [-0.05, 0) is 24.3 Å². The van der Waals surface area contributed by atoms with Gasteiger partial charge in [0.2, 0.25) is 5.60 Å². The molecule has 1 saturated carbocycles. The molecule has 1 aliphatic carbocycles. The number of hydrogen-bond acceptors (Lipinski definition) is 3. The summed E-state index contributed by atoms with van der Waals surface area (Å²) in [6, 6.07) is 6.94. The molecule has 0 aromatic heterocycles. The van der Waals surface area contributed by atoms with Gasteiger partial charge < -0.3 is 9.47 Å². The fourth-order valence-electron chi connectivity index (χ4n) is 1.38. The zero-order valence-electron chi connectivity index (χ0n) is 8.33. The Bertz CT molecular complexity index is 368. The zero-order valence-corrected chi connectivity index (χ0v) is 9.08. The van der Waals surface area contributed by atoms with Crippen molar-refractivity contribution in [3.05, 3.63) is 29.3 Å². The molecule has 15 heavy (non-hydrogen) atoms. The molecule has 0 radical (unpaired) electrons. The summed E-state index contributed by atoms with van der Waals surface area (Å²) in [6.45, 7) is 0. The van der Waals surface area contributed by atoms with E-state index in [2.05, 4.69) is 4.74 Å². The van der Waals surface area contributed by atoms with E-state index in [0.29, 0.717) is 23.6 Å². The Labute approximate surface area is 92.9 Å². The van der Waals surface area contributed by atoms with Crippen molar-refractivity contribution >= 4 is 17.6 Å².